The van der Waals surface area contributed by atoms with E-state index >= 15 is 0 Å². The van der Waals surface area contributed by atoms with Crippen molar-refractivity contribution in [1.29, 1.82) is 0 Å². The molecule has 3 rings (SSSR count). The zero-order chi connectivity index (χ0) is 17.3. The Hall–Kier alpha value is -2.64. The van der Waals surface area contributed by atoms with E-state index in [2.05, 4.69) is 20.0 Å². The highest BCUT2D eigenvalue weighted by Crippen LogP contribution is 2.20. The Morgan fingerprint density at radius 1 is 1.17 bits per heavy atom. The van der Waals surface area contributed by atoms with E-state index in [-0.39, 0.29) is 5.91 Å². The number of piperazine rings is 1. The van der Waals surface area contributed by atoms with Gasteiger partial charge in [-0.3, -0.25) is 4.79 Å². The summed E-state index contributed by atoms with van der Waals surface area (Å²) >= 11 is 0. The van der Waals surface area contributed by atoms with Crippen LogP contribution in [0.15, 0.2) is 16.8 Å². The normalized spacial score (nSPS) is 14.8. The topological polar surface area (TPSA) is 78.6 Å². The van der Waals surface area contributed by atoms with Gasteiger partial charge in [-0.25, -0.2) is 9.97 Å². The molecule has 8 heteroatoms. The van der Waals surface area contributed by atoms with Gasteiger partial charge in [-0.15, -0.1) is 0 Å². The molecule has 0 unspecified atom stereocenters. The van der Waals surface area contributed by atoms with E-state index in [1.807, 2.05) is 36.9 Å². The second-order valence-electron chi connectivity index (χ2n) is 6.10. The smallest absolute Gasteiger partial charge is 0.259 e. The van der Waals surface area contributed by atoms with Crippen LogP contribution in [-0.4, -0.2) is 66.2 Å². The molecule has 2 aromatic heterocycles. The van der Waals surface area contributed by atoms with Gasteiger partial charge in [0.1, 0.15) is 28.8 Å². The van der Waals surface area contributed by atoms with Crippen LogP contribution in [0.1, 0.15) is 21.9 Å². The zero-order valence-corrected chi connectivity index (χ0v) is 14.5. The first-order valence-electron chi connectivity index (χ1n) is 7.94. The molecular formula is C16H22N6O2. The fraction of sp³-hybridized carbons (Fsp3) is 0.500. The van der Waals surface area contributed by atoms with Gasteiger partial charge in [0, 0.05) is 46.3 Å². The first-order chi connectivity index (χ1) is 11.5. The van der Waals surface area contributed by atoms with E-state index in [0.29, 0.717) is 24.4 Å². The third-order valence-electron chi connectivity index (χ3n) is 4.14. The van der Waals surface area contributed by atoms with Gasteiger partial charge in [0.05, 0.1) is 6.20 Å². The number of nitrogens with zero attached hydrogens (tertiary/aromatic N) is 6. The number of amides is 1. The van der Waals surface area contributed by atoms with Crippen LogP contribution in [0.3, 0.4) is 0 Å². The van der Waals surface area contributed by atoms with Gasteiger partial charge >= 0.3 is 0 Å². The third-order valence-corrected chi connectivity index (χ3v) is 4.14. The number of anilines is 2. The maximum absolute atomic E-state index is 12.5. The molecule has 1 amide bonds. The van der Waals surface area contributed by atoms with Crippen molar-refractivity contribution >= 4 is 17.5 Å². The Labute approximate surface area is 141 Å². The van der Waals surface area contributed by atoms with Crippen LogP contribution in [-0.2, 0) is 0 Å². The number of rotatable bonds is 3. The van der Waals surface area contributed by atoms with Gasteiger partial charge < -0.3 is 19.2 Å². The second kappa shape index (κ2) is 6.46. The standard InChI is InChI=1S/C16H22N6O2/c1-11-13(10-17-24-11)16(23)22-7-5-21(6-8-22)15-9-14(20(3)4)18-12(2)19-15/h9-10H,5-8H2,1-4H3. The molecule has 0 bridgehead atoms. The Morgan fingerprint density at radius 2 is 1.88 bits per heavy atom. The Morgan fingerprint density at radius 3 is 2.46 bits per heavy atom. The predicted octanol–water partition coefficient (Wildman–Crippen LogP) is 1.11. The summed E-state index contributed by atoms with van der Waals surface area (Å²) in [7, 11) is 3.92. The highest BCUT2D eigenvalue weighted by atomic mass is 16.5. The fourth-order valence-electron chi connectivity index (χ4n) is 2.74. The van der Waals surface area contributed by atoms with Gasteiger partial charge in [0.15, 0.2) is 0 Å². The van der Waals surface area contributed by atoms with Crippen LogP contribution in [0, 0.1) is 13.8 Å². The molecule has 128 valence electrons. The maximum atomic E-state index is 12.5. The van der Waals surface area contributed by atoms with Crippen LogP contribution < -0.4 is 9.80 Å². The van der Waals surface area contributed by atoms with Gasteiger partial charge in [0.25, 0.3) is 5.91 Å². The summed E-state index contributed by atoms with van der Waals surface area (Å²) in [6.45, 7) is 6.40. The number of aromatic nitrogens is 3. The maximum Gasteiger partial charge on any atom is 0.259 e. The van der Waals surface area contributed by atoms with E-state index in [1.54, 1.807) is 6.92 Å². The first-order valence-corrected chi connectivity index (χ1v) is 7.94. The molecule has 3 heterocycles. The molecule has 2 aromatic rings. The molecule has 0 spiro atoms. The monoisotopic (exact) mass is 330 g/mol. The van der Waals surface area contributed by atoms with Crippen LogP contribution in [0.5, 0.6) is 0 Å². The lowest BCUT2D eigenvalue weighted by Gasteiger charge is -2.35. The quantitative estimate of drug-likeness (QED) is 0.834. The van der Waals surface area contributed by atoms with Crippen molar-refractivity contribution < 1.29 is 9.32 Å². The second-order valence-corrected chi connectivity index (χ2v) is 6.10. The molecule has 0 radical (unpaired) electrons. The van der Waals surface area contributed by atoms with E-state index in [1.165, 1.54) is 6.20 Å². The molecule has 0 atom stereocenters. The predicted molar refractivity (Wildman–Crippen MR) is 90.5 cm³/mol. The van der Waals surface area contributed by atoms with Crippen LogP contribution in [0.2, 0.25) is 0 Å². The summed E-state index contributed by atoms with van der Waals surface area (Å²) < 4.78 is 4.99. The van der Waals surface area contributed by atoms with Gasteiger partial charge in [-0.1, -0.05) is 5.16 Å². The number of carbonyl (C=O) groups is 1. The Balaban J connectivity index is 1.69. The number of carbonyl (C=O) groups excluding carboxylic acids is 1. The van der Waals surface area contributed by atoms with Crippen molar-refractivity contribution in [3.8, 4) is 0 Å². The van der Waals surface area contributed by atoms with Crippen molar-refractivity contribution in [2.75, 3.05) is 50.1 Å². The summed E-state index contributed by atoms with van der Waals surface area (Å²) in [5.74, 6) is 3.07. The average molecular weight is 330 g/mol. The molecule has 0 N–H and O–H groups in total. The summed E-state index contributed by atoms with van der Waals surface area (Å²) in [4.78, 5) is 27.4. The molecule has 24 heavy (non-hydrogen) atoms. The fourth-order valence-corrected chi connectivity index (χ4v) is 2.74. The highest BCUT2D eigenvalue weighted by molar-refractivity contribution is 5.94. The van der Waals surface area contributed by atoms with E-state index < -0.39 is 0 Å². The molecule has 1 fully saturated rings. The van der Waals surface area contributed by atoms with Gasteiger partial charge in [0.2, 0.25) is 0 Å². The van der Waals surface area contributed by atoms with E-state index in [4.69, 9.17) is 4.52 Å². The molecule has 0 saturated carbocycles. The number of hydrogen-bond acceptors (Lipinski definition) is 7. The molecule has 0 aliphatic carbocycles. The van der Waals surface area contributed by atoms with Gasteiger partial charge in [-0.2, -0.15) is 0 Å². The summed E-state index contributed by atoms with van der Waals surface area (Å²) in [5.41, 5.74) is 0.538. The average Bonchev–Trinajstić information content (AvgIpc) is 2.99. The zero-order valence-electron chi connectivity index (χ0n) is 14.5. The Kier molecular flexibility index (Phi) is 4.37. The molecule has 0 aromatic carbocycles. The van der Waals surface area contributed by atoms with Crippen molar-refractivity contribution in [2.24, 2.45) is 0 Å². The van der Waals surface area contributed by atoms with Crippen molar-refractivity contribution in [1.82, 2.24) is 20.0 Å². The lowest BCUT2D eigenvalue weighted by Crippen LogP contribution is -2.49. The SMILES string of the molecule is Cc1nc(N(C)C)cc(N2CCN(C(=O)c3cnoc3C)CC2)n1. The molecular weight excluding hydrogens is 308 g/mol. The minimum atomic E-state index is -0.0266. The summed E-state index contributed by atoms with van der Waals surface area (Å²) in [6.07, 6.45) is 1.49. The third kappa shape index (κ3) is 3.17. The molecule has 1 aliphatic heterocycles. The van der Waals surface area contributed by atoms with Crippen LogP contribution in [0.4, 0.5) is 11.6 Å². The van der Waals surface area contributed by atoms with E-state index in [0.717, 1.165) is 30.5 Å². The number of aryl methyl sites for hydroxylation is 2. The van der Waals surface area contributed by atoms with Crippen LogP contribution >= 0.6 is 0 Å². The molecule has 8 nitrogen and oxygen atoms in total. The largest absolute Gasteiger partial charge is 0.363 e. The Bertz CT molecular complexity index is 734. The van der Waals surface area contributed by atoms with E-state index in [9.17, 15) is 4.79 Å². The highest BCUT2D eigenvalue weighted by Gasteiger charge is 2.25. The van der Waals surface area contributed by atoms with Crippen molar-refractivity contribution in [3.05, 3.63) is 29.4 Å². The minimum Gasteiger partial charge on any atom is -0.363 e. The minimum absolute atomic E-state index is 0.0266. The molecule has 1 saturated heterocycles. The van der Waals surface area contributed by atoms with Gasteiger partial charge in [-0.05, 0) is 13.8 Å². The van der Waals surface area contributed by atoms with Crippen LogP contribution in [0.25, 0.3) is 0 Å². The molecule has 1 aliphatic rings. The summed E-state index contributed by atoms with van der Waals surface area (Å²) in [6, 6.07) is 1.98. The van der Waals surface area contributed by atoms with Crippen molar-refractivity contribution in [3.63, 3.8) is 0 Å². The lowest BCUT2D eigenvalue weighted by atomic mass is 10.2. The number of hydrogen-bond donors (Lipinski definition) is 0. The van der Waals surface area contributed by atoms with Crippen molar-refractivity contribution in [2.45, 2.75) is 13.8 Å². The lowest BCUT2D eigenvalue weighted by molar-refractivity contribution is 0.0744. The first kappa shape index (κ1) is 16.2. The summed E-state index contributed by atoms with van der Waals surface area (Å²) in [5, 5.41) is 3.68.